The van der Waals surface area contributed by atoms with Crippen molar-refractivity contribution in [2.45, 2.75) is 38.6 Å². The average molecular weight is 293 g/mol. The second-order valence-corrected chi connectivity index (χ2v) is 5.82. The topological polar surface area (TPSA) is 39.7 Å². The fourth-order valence-electron chi connectivity index (χ4n) is 2.92. The van der Waals surface area contributed by atoms with E-state index in [1.54, 1.807) is 14.2 Å². The van der Waals surface area contributed by atoms with E-state index in [0.717, 1.165) is 29.7 Å². The maximum Gasteiger partial charge on any atom is 0.126 e. The van der Waals surface area contributed by atoms with Gasteiger partial charge in [0.25, 0.3) is 0 Å². The van der Waals surface area contributed by atoms with E-state index in [1.807, 2.05) is 18.2 Å². The Morgan fingerprint density at radius 3 is 2.33 bits per heavy atom. The van der Waals surface area contributed by atoms with Crippen LogP contribution in [0.5, 0.6) is 17.2 Å². The van der Waals surface area contributed by atoms with Gasteiger partial charge in [0.2, 0.25) is 0 Å². The zero-order valence-electron chi connectivity index (χ0n) is 13.4. The molecule has 0 spiro atoms. The molecule has 0 aliphatic heterocycles. The second-order valence-electron chi connectivity index (χ2n) is 5.82. The van der Waals surface area contributed by atoms with Gasteiger partial charge in [0.15, 0.2) is 0 Å². The SMILES string of the molecule is COc1cc(OC)cc(OCCNC2CCCC(C)C2)c1. The third-order valence-electron chi connectivity index (χ3n) is 4.07. The molecule has 2 unspecified atom stereocenters. The number of nitrogens with one attached hydrogen (secondary N) is 1. The zero-order chi connectivity index (χ0) is 15.1. The molecule has 2 rings (SSSR count). The lowest BCUT2D eigenvalue weighted by Crippen LogP contribution is -2.36. The lowest BCUT2D eigenvalue weighted by molar-refractivity contribution is 0.265. The van der Waals surface area contributed by atoms with Gasteiger partial charge in [0, 0.05) is 30.8 Å². The molecule has 0 aromatic heterocycles. The summed E-state index contributed by atoms with van der Waals surface area (Å²) in [5.41, 5.74) is 0. The molecule has 0 radical (unpaired) electrons. The third kappa shape index (κ3) is 5.12. The predicted octanol–water partition coefficient (Wildman–Crippen LogP) is 3.25. The minimum atomic E-state index is 0.650. The van der Waals surface area contributed by atoms with Gasteiger partial charge in [-0.05, 0) is 18.8 Å². The first-order valence-electron chi connectivity index (χ1n) is 7.80. The van der Waals surface area contributed by atoms with Crippen molar-refractivity contribution in [1.82, 2.24) is 5.32 Å². The van der Waals surface area contributed by atoms with Crippen molar-refractivity contribution in [2.75, 3.05) is 27.4 Å². The molecule has 1 N–H and O–H groups in total. The largest absolute Gasteiger partial charge is 0.496 e. The van der Waals surface area contributed by atoms with E-state index in [4.69, 9.17) is 14.2 Å². The molecule has 118 valence electrons. The standard InChI is InChI=1S/C17H27NO3/c1-13-5-4-6-14(9-13)18-7-8-21-17-11-15(19-2)10-16(12-17)20-3/h10-14,18H,4-9H2,1-3H3. The van der Waals surface area contributed by atoms with Crippen LogP contribution in [0.4, 0.5) is 0 Å². The summed E-state index contributed by atoms with van der Waals surface area (Å²) in [4.78, 5) is 0. The quantitative estimate of drug-likeness (QED) is 0.783. The number of benzene rings is 1. The molecule has 1 fully saturated rings. The van der Waals surface area contributed by atoms with E-state index in [2.05, 4.69) is 12.2 Å². The van der Waals surface area contributed by atoms with Crippen molar-refractivity contribution < 1.29 is 14.2 Å². The molecule has 1 aliphatic rings. The molecule has 21 heavy (non-hydrogen) atoms. The number of methoxy groups -OCH3 is 2. The van der Waals surface area contributed by atoms with Crippen LogP contribution in [0.15, 0.2) is 18.2 Å². The van der Waals surface area contributed by atoms with E-state index >= 15 is 0 Å². The molecular weight excluding hydrogens is 266 g/mol. The van der Waals surface area contributed by atoms with Gasteiger partial charge < -0.3 is 19.5 Å². The van der Waals surface area contributed by atoms with Gasteiger partial charge in [-0.3, -0.25) is 0 Å². The highest BCUT2D eigenvalue weighted by atomic mass is 16.5. The highest BCUT2D eigenvalue weighted by Gasteiger charge is 2.17. The number of hydrogen-bond donors (Lipinski definition) is 1. The van der Waals surface area contributed by atoms with E-state index in [-0.39, 0.29) is 0 Å². The fourth-order valence-corrected chi connectivity index (χ4v) is 2.92. The molecule has 0 amide bonds. The van der Waals surface area contributed by atoms with Gasteiger partial charge in [-0.15, -0.1) is 0 Å². The van der Waals surface area contributed by atoms with Gasteiger partial charge in [-0.1, -0.05) is 19.8 Å². The molecule has 0 saturated heterocycles. The summed E-state index contributed by atoms with van der Waals surface area (Å²) in [6.45, 7) is 3.87. The first kappa shape index (κ1) is 16.0. The Hall–Kier alpha value is -1.42. The van der Waals surface area contributed by atoms with E-state index in [0.29, 0.717) is 12.6 Å². The van der Waals surface area contributed by atoms with Crippen molar-refractivity contribution in [1.29, 1.82) is 0 Å². The Labute approximate surface area is 127 Å². The minimum Gasteiger partial charge on any atom is -0.496 e. The van der Waals surface area contributed by atoms with Crippen molar-refractivity contribution in [3.63, 3.8) is 0 Å². The maximum absolute atomic E-state index is 5.79. The highest BCUT2D eigenvalue weighted by Crippen LogP contribution is 2.27. The summed E-state index contributed by atoms with van der Waals surface area (Å²) in [7, 11) is 3.29. The van der Waals surface area contributed by atoms with Crippen molar-refractivity contribution in [2.24, 2.45) is 5.92 Å². The second kappa shape index (κ2) is 8.13. The van der Waals surface area contributed by atoms with Crippen LogP contribution in [0.2, 0.25) is 0 Å². The van der Waals surface area contributed by atoms with Crippen LogP contribution in [0.1, 0.15) is 32.6 Å². The van der Waals surface area contributed by atoms with Crippen LogP contribution in [0.3, 0.4) is 0 Å². The maximum atomic E-state index is 5.79. The summed E-state index contributed by atoms with van der Waals surface area (Å²) >= 11 is 0. The first-order valence-corrected chi connectivity index (χ1v) is 7.80. The van der Waals surface area contributed by atoms with Crippen molar-refractivity contribution in [3.8, 4) is 17.2 Å². The molecule has 1 aromatic carbocycles. The van der Waals surface area contributed by atoms with Crippen molar-refractivity contribution in [3.05, 3.63) is 18.2 Å². The van der Waals surface area contributed by atoms with Crippen LogP contribution in [-0.2, 0) is 0 Å². The van der Waals surface area contributed by atoms with E-state index in [9.17, 15) is 0 Å². The Morgan fingerprint density at radius 2 is 1.71 bits per heavy atom. The van der Waals surface area contributed by atoms with Crippen LogP contribution in [0.25, 0.3) is 0 Å². The molecular formula is C17H27NO3. The summed E-state index contributed by atoms with van der Waals surface area (Å²) in [6, 6.07) is 6.25. The molecule has 0 heterocycles. The zero-order valence-corrected chi connectivity index (χ0v) is 13.4. The molecule has 2 atom stereocenters. The monoisotopic (exact) mass is 293 g/mol. The summed E-state index contributed by atoms with van der Waals surface area (Å²) in [5, 5.41) is 3.59. The Kier molecular flexibility index (Phi) is 6.18. The number of ether oxygens (including phenoxy) is 3. The summed E-state index contributed by atoms with van der Waals surface area (Å²) < 4.78 is 16.3. The normalized spacial score (nSPS) is 21.9. The van der Waals surface area contributed by atoms with Gasteiger partial charge in [-0.25, -0.2) is 0 Å². The Morgan fingerprint density at radius 1 is 1.05 bits per heavy atom. The van der Waals surface area contributed by atoms with Crippen LogP contribution < -0.4 is 19.5 Å². The van der Waals surface area contributed by atoms with Crippen molar-refractivity contribution >= 4 is 0 Å². The first-order chi connectivity index (χ1) is 10.2. The Bertz CT molecular complexity index is 414. The third-order valence-corrected chi connectivity index (χ3v) is 4.07. The molecule has 1 aliphatic carbocycles. The van der Waals surface area contributed by atoms with Gasteiger partial charge in [0.05, 0.1) is 14.2 Å². The summed E-state index contributed by atoms with van der Waals surface area (Å²) in [6.07, 6.45) is 5.29. The molecule has 4 nitrogen and oxygen atoms in total. The molecule has 4 heteroatoms. The molecule has 1 aromatic rings. The highest BCUT2D eigenvalue weighted by molar-refractivity contribution is 5.41. The van der Waals surface area contributed by atoms with Crippen LogP contribution in [-0.4, -0.2) is 33.4 Å². The van der Waals surface area contributed by atoms with Crippen LogP contribution >= 0.6 is 0 Å². The van der Waals surface area contributed by atoms with Gasteiger partial charge >= 0.3 is 0 Å². The predicted molar refractivity (Wildman–Crippen MR) is 84.5 cm³/mol. The lowest BCUT2D eigenvalue weighted by atomic mass is 9.87. The molecule has 0 bridgehead atoms. The van der Waals surface area contributed by atoms with E-state index < -0.39 is 0 Å². The Balaban J connectivity index is 1.75. The summed E-state index contributed by atoms with van der Waals surface area (Å²) in [5.74, 6) is 3.13. The average Bonchev–Trinajstić information content (AvgIpc) is 2.51. The number of rotatable bonds is 7. The fraction of sp³-hybridized carbons (Fsp3) is 0.647. The van der Waals surface area contributed by atoms with Gasteiger partial charge in [-0.2, -0.15) is 0 Å². The number of hydrogen-bond acceptors (Lipinski definition) is 4. The van der Waals surface area contributed by atoms with E-state index in [1.165, 1.54) is 25.7 Å². The van der Waals surface area contributed by atoms with Crippen LogP contribution in [0, 0.1) is 5.92 Å². The lowest BCUT2D eigenvalue weighted by Gasteiger charge is -2.27. The van der Waals surface area contributed by atoms with Gasteiger partial charge in [0.1, 0.15) is 23.9 Å². The molecule has 1 saturated carbocycles. The smallest absolute Gasteiger partial charge is 0.126 e. The minimum absolute atomic E-state index is 0.650.